The highest BCUT2D eigenvalue weighted by Gasteiger charge is 2.46. The molecule has 1 amide bonds. The van der Waals surface area contributed by atoms with Crippen LogP contribution < -0.4 is 19.8 Å². The summed E-state index contributed by atoms with van der Waals surface area (Å²) in [7, 11) is 0. The number of carbonyl (C=O) groups is 2. The molecule has 0 saturated carbocycles. The summed E-state index contributed by atoms with van der Waals surface area (Å²) in [5.41, 5.74) is 0.806. The number of pyridine rings is 2. The molecule has 3 N–H and O–H groups in total. The Morgan fingerprint density at radius 3 is 2.18 bits per heavy atom. The minimum absolute atomic E-state index is 0.0214. The number of amides is 1. The highest BCUT2D eigenvalue weighted by atomic mass is 35.5. The summed E-state index contributed by atoms with van der Waals surface area (Å²) >= 11 is 12.1. The number of alkyl halides is 6. The predicted molar refractivity (Wildman–Crippen MR) is 120 cm³/mol. The molecule has 1 aromatic carbocycles. The lowest BCUT2D eigenvalue weighted by Crippen LogP contribution is -2.41. The van der Waals surface area contributed by atoms with Crippen LogP contribution in [0, 0.1) is 0 Å². The first kappa shape index (κ1) is 28.7. The summed E-state index contributed by atoms with van der Waals surface area (Å²) in [6.45, 7) is 0. The van der Waals surface area contributed by atoms with Crippen molar-refractivity contribution in [3.05, 3.63) is 88.4 Å². The van der Waals surface area contributed by atoms with Crippen molar-refractivity contribution in [2.24, 2.45) is 0 Å². The third-order valence-corrected chi connectivity index (χ3v) is 5.64. The summed E-state index contributed by atoms with van der Waals surface area (Å²) in [6, 6.07) is 12.0. The lowest BCUT2D eigenvalue weighted by Gasteiger charge is -2.17. The third-order valence-electron chi connectivity index (χ3n) is 4.90. The van der Waals surface area contributed by atoms with Crippen LogP contribution in [0.1, 0.15) is 22.2 Å². The number of carboxylic acids is 1. The average Bonchev–Trinajstić information content (AvgIpc) is 3.24. The number of halogens is 8. The number of rotatable bonds is 4. The number of carboxylic acid groups (broad SMARTS) is 1. The van der Waals surface area contributed by atoms with Gasteiger partial charge in [0.2, 0.25) is 17.4 Å². The molecular formula is C23H15Cl2F6N4O3+. The van der Waals surface area contributed by atoms with Crippen molar-refractivity contribution in [2.45, 2.75) is 18.4 Å². The van der Waals surface area contributed by atoms with E-state index in [0.29, 0.717) is 26.9 Å². The van der Waals surface area contributed by atoms with Crippen LogP contribution in [0.2, 0.25) is 10.0 Å². The molecule has 200 valence electrons. The van der Waals surface area contributed by atoms with E-state index in [-0.39, 0.29) is 11.4 Å². The van der Waals surface area contributed by atoms with Crippen molar-refractivity contribution in [1.82, 2.24) is 10.3 Å². The Bertz CT molecular complexity index is 1460. The molecular weight excluding hydrogens is 565 g/mol. The maximum absolute atomic E-state index is 13.7. The first-order valence-corrected chi connectivity index (χ1v) is 11.1. The Kier molecular flexibility index (Phi) is 8.52. The number of nitrogens with one attached hydrogen (secondary N) is 3. The molecule has 3 heterocycles. The summed E-state index contributed by atoms with van der Waals surface area (Å²) in [5.74, 6) is -3.45. The standard InChI is InChI=1S/C21H13Cl2F3N4O.C2HF3O2/c22-13-8-7-12(11-14(13)23)19-28-17(16-6-2-4-10-30(16)19)20(31)29-18(21(24,25)26)15-5-1-3-9-27-15;3-2(4,5)1(6)7/h1-11,18H,(H,29,31);(H,6,7)/p+1. The topological polar surface area (TPSA) is 103 Å². The summed E-state index contributed by atoms with van der Waals surface area (Å²) in [4.78, 5) is 27.2. The van der Waals surface area contributed by atoms with Gasteiger partial charge in [-0.2, -0.15) is 30.7 Å². The molecule has 0 aliphatic heterocycles. The van der Waals surface area contributed by atoms with Gasteiger partial charge < -0.3 is 15.2 Å². The summed E-state index contributed by atoms with van der Waals surface area (Å²) in [6.07, 6.45) is -6.84. The Morgan fingerprint density at radius 2 is 1.63 bits per heavy atom. The van der Waals surface area contributed by atoms with Crippen LogP contribution in [0.3, 0.4) is 0 Å². The van der Waals surface area contributed by atoms with Crippen molar-refractivity contribution < 1.29 is 50.4 Å². The number of benzene rings is 1. The number of carbonyl (C=O) groups excluding carboxylic acids is 2. The number of hydrogen-bond donors (Lipinski definition) is 2. The number of nitrogens with zero attached hydrogens (tertiary/aromatic N) is 1. The summed E-state index contributed by atoms with van der Waals surface area (Å²) < 4.78 is 74.2. The third kappa shape index (κ3) is 6.72. The Hall–Kier alpha value is -3.84. The molecule has 7 nitrogen and oxygen atoms in total. The zero-order chi connectivity index (χ0) is 28.3. The van der Waals surface area contributed by atoms with Crippen LogP contribution in [0.25, 0.3) is 16.9 Å². The maximum Gasteiger partial charge on any atom is 0.430 e. The Balaban J connectivity index is 0.000000505. The van der Waals surface area contributed by atoms with Crippen LogP contribution >= 0.6 is 23.2 Å². The predicted octanol–water partition coefficient (Wildman–Crippen LogP) is 3.87. The lowest BCUT2D eigenvalue weighted by molar-refractivity contribution is -0.498. The van der Waals surface area contributed by atoms with Gasteiger partial charge in [-0.05, 0) is 30.3 Å². The van der Waals surface area contributed by atoms with Crippen LogP contribution in [0.5, 0.6) is 0 Å². The second-order valence-corrected chi connectivity index (χ2v) is 8.30. The molecule has 4 aromatic rings. The van der Waals surface area contributed by atoms with Crippen molar-refractivity contribution in [3.63, 3.8) is 0 Å². The first-order chi connectivity index (χ1) is 17.7. The van der Waals surface area contributed by atoms with Gasteiger partial charge in [0.15, 0.2) is 11.7 Å². The van der Waals surface area contributed by atoms with E-state index in [2.05, 4.69) is 15.3 Å². The molecule has 0 aliphatic carbocycles. The van der Waals surface area contributed by atoms with Crippen molar-refractivity contribution >= 4 is 40.6 Å². The fourth-order valence-corrected chi connectivity index (χ4v) is 3.54. The van der Waals surface area contributed by atoms with E-state index in [4.69, 9.17) is 33.1 Å². The van der Waals surface area contributed by atoms with Gasteiger partial charge in [0.05, 0.1) is 21.8 Å². The van der Waals surface area contributed by atoms with E-state index in [9.17, 15) is 31.1 Å². The fraction of sp³-hybridized carbons (Fsp3) is 0.130. The maximum atomic E-state index is 13.7. The van der Waals surface area contributed by atoms with Crippen molar-refractivity contribution in [2.75, 3.05) is 0 Å². The van der Waals surface area contributed by atoms with E-state index >= 15 is 0 Å². The molecule has 0 radical (unpaired) electrons. The van der Waals surface area contributed by atoms with Gasteiger partial charge in [-0.1, -0.05) is 35.3 Å². The molecule has 4 rings (SSSR count). The van der Waals surface area contributed by atoms with Crippen molar-refractivity contribution in [3.8, 4) is 11.4 Å². The fourth-order valence-electron chi connectivity index (χ4n) is 3.24. The number of aliphatic carboxylic acids is 1. The molecule has 0 saturated heterocycles. The Morgan fingerprint density at radius 1 is 0.974 bits per heavy atom. The normalized spacial score (nSPS) is 12.4. The van der Waals surface area contributed by atoms with Gasteiger partial charge in [-0.15, -0.1) is 0 Å². The van der Waals surface area contributed by atoms with Crippen LogP contribution in [-0.2, 0) is 4.79 Å². The monoisotopic (exact) mass is 579 g/mol. The van der Waals surface area contributed by atoms with Crippen LogP contribution in [0.4, 0.5) is 26.3 Å². The van der Waals surface area contributed by atoms with Gasteiger partial charge in [-0.3, -0.25) is 4.79 Å². The SMILES string of the molecule is O=C(NC(c1cccc[nH+]1)C(F)(F)F)c1[nH]c(-c2ccc(Cl)c(Cl)c2)[n+]2ccccc12.O=C([O-])C(F)(F)F. The zero-order valence-electron chi connectivity index (χ0n) is 18.6. The van der Waals surface area contributed by atoms with Gasteiger partial charge in [-0.25, -0.2) is 9.97 Å². The molecule has 0 aliphatic rings. The van der Waals surface area contributed by atoms with E-state index in [1.54, 1.807) is 53.1 Å². The number of imidazole rings is 1. The molecule has 1 atom stereocenters. The molecule has 1 unspecified atom stereocenters. The number of aromatic amines is 2. The number of H-pyrrole nitrogens is 2. The second kappa shape index (κ2) is 11.3. The van der Waals surface area contributed by atoms with Gasteiger partial charge >= 0.3 is 12.4 Å². The van der Waals surface area contributed by atoms with Gasteiger partial charge in [0.25, 0.3) is 11.7 Å². The van der Waals surface area contributed by atoms with Crippen LogP contribution in [0.15, 0.2) is 67.0 Å². The molecule has 0 bridgehead atoms. The van der Waals surface area contributed by atoms with Crippen molar-refractivity contribution in [1.29, 1.82) is 0 Å². The average molecular weight is 580 g/mol. The molecule has 15 heteroatoms. The van der Waals surface area contributed by atoms with Crippen LogP contribution in [-0.4, -0.2) is 29.2 Å². The largest absolute Gasteiger partial charge is 0.542 e. The van der Waals surface area contributed by atoms with Gasteiger partial charge in [0.1, 0.15) is 5.97 Å². The Labute approximate surface area is 219 Å². The zero-order valence-corrected chi connectivity index (χ0v) is 20.1. The number of fused-ring (bicyclic) bond motifs is 1. The highest BCUT2D eigenvalue weighted by molar-refractivity contribution is 6.42. The van der Waals surface area contributed by atoms with E-state index < -0.39 is 30.3 Å². The minimum atomic E-state index is -5.19. The minimum Gasteiger partial charge on any atom is -0.542 e. The molecule has 0 fully saturated rings. The summed E-state index contributed by atoms with van der Waals surface area (Å²) in [5, 5.41) is 11.5. The van der Waals surface area contributed by atoms with E-state index in [0.717, 1.165) is 0 Å². The number of hydrogen-bond acceptors (Lipinski definition) is 3. The second-order valence-electron chi connectivity index (χ2n) is 7.48. The van der Waals surface area contributed by atoms with E-state index in [1.807, 2.05) is 0 Å². The first-order valence-electron chi connectivity index (χ1n) is 10.3. The van der Waals surface area contributed by atoms with E-state index in [1.165, 1.54) is 18.3 Å². The number of aromatic nitrogens is 3. The van der Waals surface area contributed by atoms with Gasteiger partial charge in [0, 0.05) is 12.1 Å². The highest BCUT2D eigenvalue weighted by Crippen LogP contribution is 2.31. The molecule has 3 aromatic heterocycles. The molecule has 0 spiro atoms. The lowest BCUT2D eigenvalue weighted by atomic mass is 10.1. The quantitative estimate of drug-likeness (QED) is 0.283. The smallest absolute Gasteiger partial charge is 0.430 e. The molecule has 38 heavy (non-hydrogen) atoms.